The van der Waals surface area contributed by atoms with Gasteiger partial charge < -0.3 is 4.52 Å². The van der Waals surface area contributed by atoms with Gasteiger partial charge in [0.25, 0.3) is 0 Å². The third-order valence-corrected chi connectivity index (χ3v) is 5.19. The second-order valence-electron chi connectivity index (χ2n) is 2.03. The summed E-state index contributed by atoms with van der Waals surface area (Å²) in [6.07, 6.45) is 1.46. The van der Waals surface area contributed by atoms with Gasteiger partial charge in [-0.25, -0.2) is 0 Å². The molecule has 70 valence electrons. The van der Waals surface area contributed by atoms with Crippen molar-refractivity contribution in [3.05, 3.63) is 0 Å². The van der Waals surface area contributed by atoms with Crippen molar-refractivity contribution in [2.75, 3.05) is 13.2 Å². The molecule has 0 aliphatic heterocycles. The normalized spacial score (nSPS) is 12.9. The van der Waals surface area contributed by atoms with E-state index >= 15 is 0 Å². The van der Waals surface area contributed by atoms with E-state index in [1.165, 1.54) is 0 Å². The van der Waals surface area contributed by atoms with E-state index in [1.54, 1.807) is 0 Å². The SMILES string of the molecule is CCCN(I)P(Cl)OCCC#N. The van der Waals surface area contributed by atoms with Gasteiger partial charge in [0, 0.05) is 29.4 Å². The van der Waals surface area contributed by atoms with Crippen LogP contribution in [0, 0.1) is 11.3 Å². The van der Waals surface area contributed by atoms with Crippen LogP contribution < -0.4 is 0 Å². The second-order valence-corrected chi connectivity index (χ2v) is 6.02. The fourth-order valence-corrected chi connectivity index (χ4v) is 2.51. The molecule has 0 aliphatic carbocycles. The summed E-state index contributed by atoms with van der Waals surface area (Å²) in [5.74, 6) is 0. The highest BCUT2D eigenvalue weighted by Crippen LogP contribution is 2.49. The van der Waals surface area contributed by atoms with Crippen molar-refractivity contribution in [3.63, 3.8) is 0 Å². The van der Waals surface area contributed by atoms with Gasteiger partial charge in [0.15, 0.2) is 0 Å². The molecule has 0 radical (unpaired) electrons. The van der Waals surface area contributed by atoms with Crippen molar-refractivity contribution in [3.8, 4) is 6.07 Å². The minimum absolute atomic E-state index is 0.405. The van der Waals surface area contributed by atoms with E-state index in [-0.39, 0.29) is 0 Å². The average molecular weight is 320 g/mol. The van der Waals surface area contributed by atoms with Crippen LogP contribution in [0.1, 0.15) is 19.8 Å². The predicted molar refractivity (Wildman–Crippen MR) is 60.0 cm³/mol. The molecule has 0 fully saturated rings. The molecule has 0 saturated carbocycles. The second kappa shape index (κ2) is 8.46. The summed E-state index contributed by atoms with van der Waals surface area (Å²) < 4.78 is 7.16. The van der Waals surface area contributed by atoms with Gasteiger partial charge in [0.1, 0.15) is 0 Å². The van der Waals surface area contributed by atoms with Gasteiger partial charge in [0.2, 0.25) is 7.65 Å². The van der Waals surface area contributed by atoms with Crippen LogP contribution in [0.25, 0.3) is 0 Å². The van der Waals surface area contributed by atoms with Gasteiger partial charge in [0.05, 0.1) is 19.1 Å². The number of hydrogen-bond acceptors (Lipinski definition) is 3. The molecular weight excluding hydrogens is 309 g/mol. The van der Waals surface area contributed by atoms with Crippen LogP contribution in [0.2, 0.25) is 0 Å². The van der Waals surface area contributed by atoms with Crippen molar-refractivity contribution in [2.45, 2.75) is 19.8 Å². The summed E-state index contributed by atoms with van der Waals surface area (Å²) in [6.45, 7) is 3.43. The third kappa shape index (κ3) is 6.38. The Morgan fingerprint density at radius 2 is 2.42 bits per heavy atom. The molecule has 0 rings (SSSR count). The van der Waals surface area contributed by atoms with E-state index in [9.17, 15) is 0 Å². The first-order chi connectivity index (χ1) is 5.72. The van der Waals surface area contributed by atoms with Gasteiger partial charge in [-0.15, -0.1) is 0 Å². The minimum Gasteiger partial charge on any atom is -0.330 e. The molecule has 0 heterocycles. The average Bonchev–Trinajstić information content (AvgIpc) is 2.05. The topological polar surface area (TPSA) is 36.3 Å². The first-order valence-corrected chi connectivity index (χ1v) is 6.69. The van der Waals surface area contributed by atoms with Crippen LogP contribution >= 0.6 is 41.8 Å². The number of rotatable bonds is 6. The maximum Gasteiger partial charge on any atom is 0.216 e. The van der Waals surface area contributed by atoms with Gasteiger partial charge in [-0.3, -0.25) is 0 Å². The van der Waals surface area contributed by atoms with Gasteiger partial charge in [-0.05, 0) is 17.7 Å². The Morgan fingerprint density at radius 3 is 2.92 bits per heavy atom. The summed E-state index contributed by atoms with van der Waals surface area (Å²) >= 11 is 8.04. The maximum absolute atomic E-state index is 8.24. The van der Waals surface area contributed by atoms with E-state index in [1.807, 2.05) is 8.95 Å². The van der Waals surface area contributed by atoms with Crippen LogP contribution in [-0.2, 0) is 4.52 Å². The molecule has 0 spiro atoms. The van der Waals surface area contributed by atoms with Gasteiger partial charge in [-0.1, -0.05) is 6.92 Å². The monoisotopic (exact) mass is 320 g/mol. The van der Waals surface area contributed by atoms with E-state index in [2.05, 4.69) is 29.8 Å². The zero-order valence-electron chi connectivity index (χ0n) is 6.83. The Bertz CT molecular complexity index is 155. The van der Waals surface area contributed by atoms with E-state index in [4.69, 9.17) is 21.0 Å². The minimum atomic E-state index is -1.02. The van der Waals surface area contributed by atoms with Crippen LogP contribution in [0.5, 0.6) is 0 Å². The highest BCUT2D eigenvalue weighted by Gasteiger charge is 2.12. The quantitative estimate of drug-likeness (QED) is 0.325. The first kappa shape index (κ1) is 12.9. The fourth-order valence-electron chi connectivity index (χ4n) is 0.492. The smallest absolute Gasteiger partial charge is 0.216 e. The molecule has 12 heavy (non-hydrogen) atoms. The summed E-state index contributed by atoms with van der Waals surface area (Å²) in [7, 11) is -1.02. The molecule has 0 aromatic carbocycles. The number of hydrogen-bond donors (Lipinski definition) is 0. The molecule has 0 aliphatic rings. The maximum atomic E-state index is 8.24. The Kier molecular flexibility index (Phi) is 9.06. The van der Waals surface area contributed by atoms with E-state index < -0.39 is 7.65 Å². The Balaban J connectivity index is 3.43. The summed E-state index contributed by atoms with van der Waals surface area (Å²) in [5, 5.41) is 8.24. The summed E-state index contributed by atoms with van der Waals surface area (Å²) in [4.78, 5) is 0. The van der Waals surface area contributed by atoms with Gasteiger partial charge in [-0.2, -0.15) is 8.15 Å². The molecule has 0 aromatic heterocycles. The Morgan fingerprint density at radius 1 is 1.75 bits per heavy atom. The highest BCUT2D eigenvalue weighted by atomic mass is 127. The molecule has 1 unspecified atom stereocenters. The lowest BCUT2D eigenvalue weighted by Gasteiger charge is -2.17. The Labute approximate surface area is 93.2 Å². The van der Waals surface area contributed by atoms with Crippen molar-refractivity contribution in [1.29, 1.82) is 5.26 Å². The lowest BCUT2D eigenvalue weighted by Crippen LogP contribution is -2.04. The van der Waals surface area contributed by atoms with E-state index in [0.29, 0.717) is 13.0 Å². The molecule has 0 aromatic rings. The summed E-state index contributed by atoms with van der Waals surface area (Å²) in [5.41, 5.74) is 0. The van der Waals surface area contributed by atoms with Crippen LogP contribution in [0.15, 0.2) is 0 Å². The van der Waals surface area contributed by atoms with Crippen molar-refractivity contribution >= 4 is 41.8 Å². The summed E-state index contributed by atoms with van der Waals surface area (Å²) in [6, 6.07) is 2.00. The van der Waals surface area contributed by atoms with E-state index in [0.717, 1.165) is 13.0 Å². The highest BCUT2D eigenvalue weighted by molar-refractivity contribution is 14.1. The molecule has 6 heteroatoms. The number of nitrogens with zero attached hydrogens (tertiary/aromatic N) is 2. The number of halogens is 2. The van der Waals surface area contributed by atoms with Crippen LogP contribution in [-0.4, -0.2) is 16.0 Å². The number of nitriles is 1. The molecule has 0 N–H and O–H groups in total. The zero-order chi connectivity index (χ0) is 9.40. The standard InChI is InChI=1S/C6H11ClIN2OP/c1-2-5-10(8)12(7)11-6-3-4-9/h2-3,5-6H2,1H3. The molecule has 0 bridgehead atoms. The lowest BCUT2D eigenvalue weighted by molar-refractivity contribution is 0.355. The van der Waals surface area contributed by atoms with Gasteiger partial charge >= 0.3 is 0 Å². The largest absolute Gasteiger partial charge is 0.330 e. The van der Waals surface area contributed by atoms with Crippen molar-refractivity contribution in [1.82, 2.24) is 2.88 Å². The van der Waals surface area contributed by atoms with Crippen molar-refractivity contribution in [2.24, 2.45) is 0 Å². The lowest BCUT2D eigenvalue weighted by atomic mass is 10.5. The molecular formula is C6H11ClIN2OP. The Hall–Kier alpha value is 0.860. The molecule has 1 atom stereocenters. The molecule has 3 nitrogen and oxygen atoms in total. The molecule has 0 saturated heterocycles. The third-order valence-electron chi connectivity index (χ3n) is 0.990. The fraction of sp³-hybridized carbons (Fsp3) is 0.833. The van der Waals surface area contributed by atoms with Crippen molar-refractivity contribution < 1.29 is 4.52 Å². The molecule has 0 amide bonds. The zero-order valence-corrected chi connectivity index (χ0v) is 10.6. The van der Waals surface area contributed by atoms with Crippen LogP contribution in [0.4, 0.5) is 0 Å². The predicted octanol–water partition coefficient (Wildman–Crippen LogP) is 3.44. The van der Waals surface area contributed by atoms with Crippen LogP contribution in [0.3, 0.4) is 0 Å². The first-order valence-electron chi connectivity index (χ1n) is 3.61.